The van der Waals surface area contributed by atoms with Crippen molar-refractivity contribution in [2.75, 3.05) is 20.1 Å². The Bertz CT molecular complexity index is 954. The summed E-state index contributed by atoms with van der Waals surface area (Å²) in [5, 5.41) is 0.765. The number of likely N-dealkylation sites (N-methyl/N-ethyl adjacent to an activating group) is 1. The Morgan fingerprint density at radius 1 is 1.13 bits per heavy atom. The Kier molecular flexibility index (Phi) is 9.04. The van der Waals surface area contributed by atoms with Gasteiger partial charge in [-0.2, -0.15) is 0 Å². The highest BCUT2D eigenvalue weighted by atomic mass is 32.2. The lowest BCUT2D eigenvalue weighted by Gasteiger charge is -2.20. The van der Waals surface area contributed by atoms with Crippen molar-refractivity contribution in [3.63, 3.8) is 0 Å². The zero-order valence-electron chi connectivity index (χ0n) is 18.9. The SMILES string of the molecule is CCCC(CC)C[NH+](C)CCc1c[nH]c2cccc(OC(=O)SCc3ccccc3)c12. The van der Waals surface area contributed by atoms with Gasteiger partial charge in [-0.3, -0.25) is 0 Å². The summed E-state index contributed by atoms with van der Waals surface area (Å²) in [6, 6.07) is 15.9. The standard InChI is InChI=1S/C26H34N2O2S/c1-4-10-20(5-2)18-28(3)16-15-22-17-27-23-13-9-14-24(25(22)23)30-26(29)31-19-21-11-7-6-8-12-21/h6-9,11-14,17,20,27H,4-5,10,15-16,18-19H2,1-3H3/p+1. The number of H-pyrrole nitrogens is 1. The number of aromatic nitrogens is 1. The zero-order valence-corrected chi connectivity index (χ0v) is 19.8. The molecule has 0 fully saturated rings. The summed E-state index contributed by atoms with van der Waals surface area (Å²) in [7, 11) is 2.29. The number of carbonyl (C=O) groups excluding carboxylic acids is 1. The van der Waals surface area contributed by atoms with E-state index >= 15 is 0 Å². The van der Waals surface area contributed by atoms with Gasteiger partial charge in [0.25, 0.3) is 0 Å². The molecule has 0 saturated heterocycles. The molecule has 0 radical (unpaired) electrons. The fraction of sp³-hybridized carbons (Fsp3) is 0.423. The van der Waals surface area contributed by atoms with Crippen molar-refractivity contribution in [3.8, 4) is 5.75 Å². The Morgan fingerprint density at radius 2 is 1.94 bits per heavy atom. The average Bonchev–Trinajstić information content (AvgIpc) is 3.21. The number of thioether (sulfide) groups is 1. The minimum Gasteiger partial charge on any atom is -0.418 e. The first-order valence-electron chi connectivity index (χ1n) is 11.4. The second-order valence-electron chi connectivity index (χ2n) is 8.34. The van der Waals surface area contributed by atoms with Crippen LogP contribution in [0.25, 0.3) is 10.9 Å². The lowest BCUT2D eigenvalue weighted by molar-refractivity contribution is -0.883. The molecule has 0 saturated carbocycles. The first-order valence-corrected chi connectivity index (χ1v) is 12.4. The highest BCUT2D eigenvalue weighted by Crippen LogP contribution is 2.30. The van der Waals surface area contributed by atoms with Crippen LogP contribution in [0.1, 0.15) is 44.2 Å². The molecule has 0 spiro atoms. The maximum absolute atomic E-state index is 12.5. The van der Waals surface area contributed by atoms with Crippen LogP contribution in [0.4, 0.5) is 4.79 Å². The van der Waals surface area contributed by atoms with E-state index < -0.39 is 0 Å². The number of hydrogen-bond acceptors (Lipinski definition) is 3. The summed E-state index contributed by atoms with van der Waals surface area (Å²) in [5.74, 6) is 2.06. The lowest BCUT2D eigenvalue weighted by atomic mass is 10.00. The second kappa shape index (κ2) is 12.0. The number of fused-ring (bicyclic) bond motifs is 1. The molecule has 166 valence electrons. The number of ether oxygens (including phenoxy) is 1. The molecule has 0 aliphatic carbocycles. The number of hydrogen-bond donors (Lipinski definition) is 2. The summed E-state index contributed by atoms with van der Waals surface area (Å²) in [6.07, 6.45) is 6.84. The van der Waals surface area contributed by atoms with Crippen LogP contribution in [0, 0.1) is 5.92 Å². The van der Waals surface area contributed by atoms with Crippen molar-refractivity contribution in [3.05, 3.63) is 65.9 Å². The molecule has 1 aromatic heterocycles. The molecule has 2 unspecified atom stereocenters. The van der Waals surface area contributed by atoms with Crippen LogP contribution >= 0.6 is 11.8 Å². The Balaban J connectivity index is 1.62. The highest BCUT2D eigenvalue weighted by molar-refractivity contribution is 8.12. The van der Waals surface area contributed by atoms with Gasteiger partial charge in [0.15, 0.2) is 0 Å². The number of quaternary nitrogens is 1. The normalized spacial score (nSPS) is 13.3. The Hall–Kier alpha value is -2.24. The maximum atomic E-state index is 12.5. The van der Waals surface area contributed by atoms with Gasteiger partial charge < -0.3 is 14.6 Å². The first-order chi connectivity index (χ1) is 15.1. The molecule has 1 heterocycles. The third-order valence-corrected chi connectivity index (χ3v) is 6.67. The predicted molar refractivity (Wildman–Crippen MR) is 131 cm³/mol. The summed E-state index contributed by atoms with van der Waals surface area (Å²) >= 11 is 1.20. The van der Waals surface area contributed by atoms with E-state index in [2.05, 4.69) is 32.1 Å². The van der Waals surface area contributed by atoms with Crippen LogP contribution in [0.2, 0.25) is 0 Å². The average molecular weight is 440 g/mol. The fourth-order valence-corrected chi connectivity index (χ4v) is 4.76. The number of rotatable bonds is 11. The molecule has 2 atom stereocenters. The predicted octanol–water partition coefficient (Wildman–Crippen LogP) is 5.48. The van der Waals surface area contributed by atoms with Crippen LogP contribution in [-0.4, -0.2) is 30.4 Å². The smallest absolute Gasteiger partial charge is 0.373 e. The molecule has 4 nitrogen and oxygen atoms in total. The molecule has 2 N–H and O–H groups in total. The molecule has 3 aromatic rings. The van der Waals surface area contributed by atoms with Crippen LogP contribution in [0.3, 0.4) is 0 Å². The zero-order chi connectivity index (χ0) is 22.1. The monoisotopic (exact) mass is 439 g/mol. The minimum atomic E-state index is -0.267. The molecular formula is C26H35N2O2S+. The van der Waals surface area contributed by atoms with E-state index in [9.17, 15) is 4.79 Å². The van der Waals surface area contributed by atoms with Crippen molar-refractivity contribution in [2.24, 2.45) is 5.92 Å². The molecule has 31 heavy (non-hydrogen) atoms. The first kappa shape index (κ1) is 23.4. The highest BCUT2D eigenvalue weighted by Gasteiger charge is 2.16. The third kappa shape index (κ3) is 6.88. The van der Waals surface area contributed by atoms with Crippen molar-refractivity contribution in [1.82, 2.24) is 4.98 Å². The van der Waals surface area contributed by atoms with E-state index in [-0.39, 0.29) is 5.30 Å². The summed E-state index contributed by atoms with van der Waals surface area (Å²) in [4.78, 5) is 17.4. The quantitative estimate of drug-likeness (QED) is 0.389. The molecular weight excluding hydrogens is 404 g/mol. The minimum absolute atomic E-state index is 0.267. The number of nitrogens with one attached hydrogen (secondary N) is 2. The van der Waals surface area contributed by atoms with Crippen LogP contribution in [0.15, 0.2) is 54.7 Å². The van der Waals surface area contributed by atoms with Gasteiger partial charge in [-0.05, 0) is 47.9 Å². The lowest BCUT2D eigenvalue weighted by Crippen LogP contribution is -3.10. The van der Waals surface area contributed by atoms with E-state index in [1.807, 2.05) is 48.5 Å². The van der Waals surface area contributed by atoms with Crippen molar-refractivity contribution in [2.45, 2.75) is 45.3 Å². The van der Waals surface area contributed by atoms with Gasteiger partial charge in [-0.15, -0.1) is 0 Å². The van der Waals surface area contributed by atoms with E-state index in [1.54, 1.807) is 4.90 Å². The van der Waals surface area contributed by atoms with Gasteiger partial charge in [0.1, 0.15) is 5.75 Å². The molecule has 0 aliphatic heterocycles. The van der Waals surface area contributed by atoms with Gasteiger partial charge in [0, 0.05) is 35.2 Å². The summed E-state index contributed by atoms with van der Waals surface area (Å²) < 4.78 is 5.77. The Labute approximate surface area is 190 Å². The largest absolute Gasteiger partial charge is 0.418 e. The second-order valence-corrected chi connectivity index (χ2v) is 9.25. The van der Waals surface area contributed by atoms with Crippen LogP contribution < -0.4 is 9.64 Å². The fourth-order valence-electron chi connectivity index (χ4n) is 4.14. The molecule has 5 heteroatoms. The third-order valence-electron chi connectivity index (χ3n) is 5.87. The van der Waals surface area contributed by atoms with E-state index in [0.717, 1.165) is 35.3 Å². The van der Waals surface area contributed by atoms with Gasteiger partial charge >= 0.3 is 5.30 Å². The topological polar surface area (TPSA) is 46.5 Å². The molecule has 0 bridgehead atoms. The van der Waals surface area contributed by atoms with E-state index in [1.165, 1.54) is 43.1 Å². The van der Waals surface area contributed by atoms with Gasteiger partial charge in [-0.25, -0.2) is 4.79 Å². The van der Waals surface area contributed by atoms with Gasteiger partial charge in [-0.1, -0.05) is 56.7 Å². The van der Waals surface area contributed by atoms with Crippen LogP contribution in [0.5, 0.6) is 5.75 Å². The van der Waals surface area contributed by atoms with Crippen molar-refractivity contribution >= 4 is 28.0 Å². The van der Waals surface area contributed by atoms with Crippen molar-refractivity contribution < 1.29 is 14.4 Å². The summed E-state index contributed by atoms with van der Waals surface area (Å²) in [6.45, 7) is 6.84. The molecule has 0 amide bonds. The number of benzene rings is 2. The van der Waals surface area contributed by atoms with E-state index in [0.29, 0.717) is 11.5 Å². The molecule has 0 aliphatic rings. The Morgan fingerprint density at radius 3 is 2.68 bits per heavy atom. The molecule has 2 aromatic carbocycles. The van der Waals surface area contributed by atoms with Gasteiger partial charge in [0.05, 0.1) is 20.1 Å². The number of aromatic amines is 1. The van der Waals surface area contributed by atoms with Crippen LogP contribution in [-0.2, 0) is 12.2 Å². The van der Waals surface area contributed by atoms with Crippen molar-refractivity contribution in [1.29, 1.82) is 0 Å². The maximum Gasteiger partial charge on any atom is 0.373 e. The summed E-state index contributed by atoms with van der Waals surface area (Å²) in [5.41, 5.74) is 3.35. The van der Waals surface area contributed by atoms with Gasteiger partial charge in [0.2, 0.25) is 0 Å². The van der Waals surface area contributed by atoms with E-state index in [4.69, 9.17) is 4.74 Å². The number of carbonyl (C=O) groups is 1. The molecule has 3 rings (SSSR count).